The Morgan fingerprint density at radius 3 is 0.694 bits per heavy atom. The van der Waals surface area contributed by atoms with Gasteiger partial charge in [-0.25, -0.2) is 0 Å². The summed E-state index contributed by atoms with van der Waals surface area (Å²) in [5.74, 6) is 0. The Labute approximate surface area is 276 Å². The van der Waals surface area contributed by atoms with Gasteiger partial charge < -0.3 is 17.2 Å². The van der Waals surface area contributed by atoms with Crippen molar-refractivity contribution in [3.8, 4) is 0 Å². The van der Waals surface area contributed by atoms with Gasteiger partial charge in [0.05, 0.1) is 44.5 Å². The van der Waals surface area contributed by atoms with Crippen molar-refractivity contribution in [3.05, 3.63) is 56.6 Å². The van der Waals surface area contributed by atoms with Crippen LogP contribution in [0.15, 0.2) is 12.1 Å². The maximum atomic E-state index is 14.0. The fraction of sp³-hybridized carbons (Fsp3) is 0.429. The standard InChI is InChI=1S/C21H5F24OSi.ClH.Mg/c1-47(46,6-2-4(14(22,23)24)8(16(28,29)30)12(20(40,41)42)10(6)18(34,35)36)7-3-5(15(25,26)27)9(17(31,32)33)13(21(43,44)45)11(7)19(37,38)39;;/h2-3H,1H3;1H;/q-1;;+2/p-1. The molecule has 28 heteroatoms. The minimum absolute atomic E-state index is 0. The molecule has 0 heterocycles. The van der Waals surface area contributed by atoms with Crippen molar-refractivity contribution in [2.45, 2.75) is 56.0 Å². The first-order valence-corrected chi connectivity index (χ1v) is 13.3. The number of benzene rings is 2. The second kappa shape index (κ2) is 13.2. The molecule has 0 N–H and O–H groups in total. The van der Waals surface area contributed by atoms with E-state index in [1.807, 2.05) is 0 Å². The van der Waals surface area contributed by atoms with E-state index in [9.17, 15) is 110 Å². The van der Waals surface area contributed by atoms with Gasteiger partial charge >= 0.3 is 72.5 Å². The van der Waals surface area contributed by atoms with E-state index in [-0.39, 0.29) is 35.5 Å². The first kappa shape index (κ1) is 47.0. The van der Waals surface area contributed by atoms with Gasteiger partial charge in [-0.15, -0.1) is 0 Å². The molecular formula is C21H5ClF24MgOSi. The van der Waals surface area contributed by atoms with E-state index in [0.717, 1.165) is 0 Å². The Kier molecular flexibility index (Phi) is 12.7. The van der Waals surface area contributed by atoms with Crippen molar-refractivity contribution in [2.24, 2.45) is 0 Å². The zero-order valence-electron chi connectivity index (χ0n) is 22.2. The number of hydrogen-bond donors (Lipinski definition) is 0. The van der Waals surface area contributed by atoms with Crippen LogP contribution in [0.4, 0.5) is 105 Å². The molecule has 1 nitrogen and oxygen atoms in total. The number of alkyl halides is 24. The predicted molar refractivity (Wildman–Crippen MR) is 110 cm³/mol. The minimum atomic E-state index is -7.79. The largest absolute Gasteiger partial charge is 2.00 e. The monoisotopic (exact) mass is 816 g/mol. The van der Waals surface area contributed by atoms with Crippen LogP contribution in [0.3, 0.4) is 0 Å². The molecule has 0 aromatic heterocycles. The number of hydrogen-bond acceptors (Lipinski definition) is 1. The quantitative estimate of drug-likeness (QED) is 0.290. The Balaban J connectivity index is 0.0000115. The molecular weight excluding hydrogens is 812 g/mol. The summed E-state index contributed by atoms with van der Waals surface area (Å²) < 4.78 is 329. The molecule has 0 fully saturated rings. The van der Waals surface area contributed by atoms with Crippen LogP contribution in [0, 0.1) is 0 Å². The fourth-order valence-corrected chi connectivity index (χ4v) is 7.07. The van der Waals surface area contributed by atoms with Crippen molar-refractivity contribution >= 4 is 41.7 Å². The first-order chi connectivity index (χ1) is 20.2. The normalized spacial score (nSPS) is 14.4. The smallest absolute Gasteiger partial charge is 1.00 e. The third-order valence-electron chi connectivity index (χ3n) is 5.99. The van der Waals surface area contributed by atoms with Crippen LogP contribution in [-0.4, -0.2) is 31.4 Å². The molecule has 276 valence electrons. The summed E-state index contributed by atoms with van der Waals surface area (Å²) in [5, 5.41) is -6.99. The average Bonchev–Trinajstić information content (AvgIpc) is 2.76. The molecule has 0 saturated carbocycles. The van der Waals surface area contributed by atoms with Crippen LogP contribution >= 0.6 is 0 Å². The van der Waals surface area contributed by atoms with Crippen LogP contribution < -0.4 is 27.6 Å². The molecule has 0 aliphatic rings. The molecule has 2 aromatic rings. The van der Waals surface area contributed by atoms with Crippen LogP contribution in [0.2, 0.25) is 6.55 Å². The van der Waals surface area contributed by atoms with Crippen molar-refractivity contribution in [1.82, 2.24) is 0 Å². The number of halogens is 25. The van der Waals surface area contributed by atoms with Gasteiger partial charge in [0, 0.05) is 8.32 Å². The van der Waals surface area contributed by atoms with Crippen molar-refractivity contribution in [3.63, 3.8) is 0 Å². The molecule has 0 saturated heterocycles. The summed E-state index contributed by atoms with van der Waals surface area (Å²) in [6, 6.07) is -3.59. The van der Waals surface area contributed by atoms with Gasteiger partial charge in [0.25, 0.3) is 0 Å². The molecule has 0 aliphatic carbocycles. The summed E-state index contributed by atoms with van der Waals surface area (Å²) >= 11 is 0. The third-order valence-corrected chi connectivity index (χ3v) is 8.84. The fourth-order valence-electron chi connectivity index (χ4n) is 4.46. The zero-order valence-corrected chi connectivity index (χ0v) is 25.4. The molecule has 0 amide bonds. The molecule has 2 aromatic carbocycles. The minimum Gasteiger partial charge on any atom is -1.00 e. The van der Waals surface area contributed by atoms with E-state index >= 15 is 0 Å². The van der Waals surface area contributed by atoms with Crippen LogP contribution in [-0.2, 0) is 49.4 Å². The van der Waals surface area contributed by atoms with E-state index in [4.69, 9.17) is 0 Å². The zero-order chi connectivity index (χ0) is 37.7. The van der Waals surface area contributed by atoms with Crippen LogP contribution in [0.5, 0.6) is 0 Å². The second-order valence-corrected chi connectivity index (χ2v) is 12.4. The van der Waals surface area contributed by atoms with E-state index in [0.29, 0.717) is 0 Å². The molecule has 0 unspecified atom stereocenters. The maximum Gasteiger partial charge on any atom is 2.00 e. The van der Waals surface area contributed by atoms with Gasteiger partial charge in [-0.05, 0) is 0 Å². The topological polar surface area (TPSA) is 23.1 Å². The van der Waals surface area contributed by atoms with Crippen molar-refractivity contribution in [1.29, 1.82) is 0 Å². The van der Waals surface area contributed by atoms with E-state index in [2.05, 4.69) is 0 Å². The molecule has 0 atom stereocenters. The number of rotatable bonds is 2. The van der Waals surface area contributed by atoms with Crippen LogP contribution in [0.1, 0.15) is 44.5 Å². The predicted octanol–water partition coefficient (Wildman–Crippen LogP) is 5.51. The molecule has 0 spiro atoms. The Morgan fingerprint density at radius 2 is 0.551 bits per heavy atom. The average molecular weight is 817 g/mol. The van der Waals surface area contributed by atoms with Gasteiger partial charge in [0.15, 0.2) is 0 Å². The Morgan fingerprint density at radius 1 is 0.367 bits per heavy atom. The molecule has 2 rings (SSSR count). The van der Waals surface area contributed by atoms with Gasteiger partial charge in [-0.1, -0.05) is 29.1 Å². The molecule has 0 aliphatic heterocycles. The van der Waals surface area contributed by atoms with Gasteiger partial charge in [0.2, 0.25) is 0 Å². The summed E-state index contributed by atoms with van der Waals surface area (Å²) in [6.45, 7) is -0.900. The summed E-state index contributed by atoms with van der Waals surface area (Å²) in [6.07, 6.45) is -57.1. The summed E-state index contributed by atoms with van der Waals surface area (Å²) in [4.78, 5) is 13.6. The van der Waals surface area contributed by atoms with E-state index in [1.165, 1.54) is 0 Å². The third kappa shape index (κ3) is 9.27. The Hall–Kier alpha value is -2.01. The van der Waals surface area contributed by atoms with Crippen molar-refractivity contribution in [2.75, 3.05) is 0 Å². The maximum absolute atomic E-state index is 14.0. The van der Waals surface area contributed by atoms with E-state index < -0.39 is 131 Å². The van der Waals surface area contributed by atoms with Crippen molar-refractivity contribution < 1.29 is 123 Å². The van der Waals surface area contributed by atoms with Gasteiger partial charge in [-0.3, -0.25) is 0 Å². The Bertz CT molecular complexity index is 1420. The summed E-state index contributed by atoms with van der Waals surface area (Å²) in [5.41, 5.74) is -33.7. The molecule has 49 heavy (non-hydrogen) atoms. The SMILES string of the molecule is C[Si]([O-])(c1cc(C(F)(F)F)c(C(F)(F)F)c(C(F)(F)F)c1C(F)(F)F)c1cc(C(F)(F)F)c(C(F)(F)F)c(C(F)(F)F)c1C(F)(F)F.[Cl-].[Mg+2]. The van der Waals surface area contributed by atoms with Crippen LogP contribution in [0.25, 0.3) is 0 Å². The van der Waals surface area contributed by atoms with E-state index in [1.54, 1.807) is 0 Å². The molecule has 0 radical (unpaired) electrons. The first-order valence-electron chi connectivity index (χ1n) is 10.9. The summed E-state index contributed by atoms with van der Waals surface area (Å²) in [7, 11) is -7.79. The molecule has 0 bridgehead atoms. The second-order valence-electron chi connectivity index (χ2n) is 9.21. The van der Waals surface area contributed by atoms with Gasteiger partial charge in [-0.2, -0.15) is 105 Å². The van der Waals surface area contributed by atoms with Gasteiger partial charge in [0.1, 0.15) is 0 Å².